The molecule has 0 bridgehead atoms. The zero-order valence-electron chi connectivity index (χ0n) is 32.5. The van der Waals surface area contributed by atoms with Gasteiger partial charge in [-0.1, -0.05) is 134 Å². The largest absolute Gasteiger partial charge is 0.472 e. The number of nitrogens with zero attached hydrogens (tertiary/aromatic N) is 3. The fourth-order valence-electron chi connectivity index (χ4n) is 6.92. The summed E-state index contributed by atoms with van der Waals surface area (Å²) in [4.78, 5) is 10.6. The molecule has 0 radical (unpaired) electrons. The smallest absolute Gasteiger partial charge is 0.397 e. The van der Waals surface area contributed by atoms with Gasteiger partial charge in [0.05, 0.1) is 42.0 Å². The minimum atomic E-state index is -4.63. The molecule has 2 aromatic heterocycles. The highest BCUT2D eigenvalue weighted by Gasteiger charge is 2.58. The standard InChI is InChI=1S/C41H63N4O8PS/c1-2-3-4-5-6-7-8-9-10-11-12-13-14-15-16-20-27-50-28-34(55-31-33-21-18-17-19-22-33)29-51-54(48,49)52-30-37-39(46)40(47)41(32-42,53-37)38-24-23-36-35(43)25-26-44-45(36)38/h17-19,21-26,34,37,39-40,46-47H,2-16,20,27-31,43H2,1H3,(H,48,49)/t34-,37-,39-,40-,41+/m1/s1. The molecule has 3 heterocycles. The molecule has 12 nitrogen and oxygen atoms in total. The SMILES string of the molecule is CCCCCCCCCCCCCCCCCCOC[C@H](COP(=O)(O)OC[C@H]1O[C@@](C#N)(c2ccc3c(N)ccnn23)[C@H](O)[C@@H]1O)SCc1ccccc1. The number of rotatable bonds is 29. The number of aromatic nitrogens is 2. The van der Waals surface area contributed by atoms with Crippen LogP contribution in [0.1, 0.15) is 121 Å². The number of phosphoric ester groups is 1. The first-order chi connectivity index (χ1) is 26.7. The molecule has 0 saturated carbocycles. The number of hydrogen-bond donors (Lipinski definition) is 4. The average molecular weight is 803 g/mol. The summed E-state index contributed by atoms with van der Waals surface area (Å²) >= 11 is 1.56. The van der Waals surface area contributed by atoms with E-state index >= 15 is 0 Å². The summed E-state index contributed by atoms with van der Waals surface area (Å²) in [6.45, 7) is 2.47. The Balaban J connectivity index is 1.15. The first-order valence-electron chi connectivity index (χ1n) is 20.2. The van der Waals surface area contributed by atoms with Crippen LogP contribution in [0.5, 0.6) is 0 Å². The molecule has 14 heteroatoms. The average Bonchev–Trinajstić information content (AvgIpc) is 3.74. The predicted molar refractivity (Wildman–Crippen MR) is 217 cm³/mol. The van der Waals surface area contributed by atoms with Crippen LogP contribution in [0.4, 0.5) is 5.69 Å². The topological polar surface area (TPSA) is 182 Å². The third-order valence-corrected chi connectivity index (χ3v) is 12.4. The lowest BCUT2D eigenvalue weighted by atomic mass is 9.92. The maximum absolute atomic E-state index is 13.0. The van der Waals surface area contributed by atoms with E-state index in [0.717, 1.165) is 18.4 Å². The monoisotopic (exact) mass is 802 g/mol. The summed E-state index contributed by atoms with van der Waals surface area (Å²) in [5.41, 5.74) is 6.13. The molecule has 0 aliphatic carbocycles. The first kappa shape index (κ1) is 45.2. The van der Waals surface area contributed by atoms with E-state index < -0.39 is 38.3 Å². The summed E-state index contributed by atoms with van der Waals surface area (Å²) in [6, 6.07) is 16.6. The van der Waals surface area contributed by atoms with Crippen molar-refractivity contribution >= 4 is 30.8 Å². The third-order valence-electron chi connectivity index (χ3n) is 10.2. The van der Waals surface area contributed by atoms with Crippen molar-refractivity contribution in [2.75, 3.05) is 32.2 Å². The van der Waals surface area contributed by atoms with Crippen LogP contribution in [0.25, 0.3) is 5.52 Å². The van der Waals surface area contributed by atoms with E-state index in [0.29, 0.717) is 30.2 Å². The maximum Gasteiger partial charge on any atom is 0.472 e. The van der Waals surface area contributed by atoms with Gasteiger partial charge in [-0.3, -0.25) is 9.05 Å². The van der Waals surface area contributed by atoms with Crippen molar-refractivity contribution in [1.29, 1.82) is 5.26 Å². The number of benzene rings is 1. The Kier molecular flexibility index (Phi) is 20.0. The number of nitrogens with two attached hydrogens (primary N) is 1. The van der Waals surface area contributed by atoms with E-state index in [4.69, 9.17) is 24.3 Å². The quantitative estimate of drug-likeness (QED) is 0.0389. The highest BCUT2D eigenvalue weighted by Crippen LogP contribution is 2.46. The van der Waals surface area contributed by atoms with Crippen molar-refractivity contribution in [2.45, 2.75) is 145 Å². The van der Waals surface area contributed by atoms with Crippen LogP contribution >= 0.6 is 19.6 Å². The van der Waals surface area contributed by atoms with Gasteiger partial charge in [0.15, 0.2) is 0 Å². The summed E-state index contributed by atoms with van der Waals surface area (Å²) in [5, 5.41) is 35.9. The van der Waals surface area contributed by atoms with Crippen LogP contribution in [-0.2, 0) is 34.4 Å². The number of phosphoric acid groups is 1. The van der Waals surface area contributed by atoms with Gasteiger partial charge in [0.25, 0.3) is 0 Å². The number of aliphatic hydroxyl groups excluding tert-OH is 2. The van der Waals surface area contributed by atoms with Crippen molar-refractivity contribution in [3.63, 3.8) is 0 Å². The molecule has 55 heavy (non-hydrogen) atoms. The fraction of sp³-hybridized carbons (Fsp3) is 0.659. The van der Waals surface area contributed by atoms with Gasteiger partial charge in [0.1, 0.15) is 24.4 Å². The molecule has 3 aromatic rings. The lowest BCUT2D eigenvalue weighted by molar-refractivity contribution is -0.0643. The highest BCUT2D eigenvalue weighted by atomic mass is 32.2. The Morgan fingerprint density at radius 2 is 1.53 bits per heavy atom. The molecular formula is C41H63N4O8PS. The molecule has 5 N–H and O–H groups in total. The van der Waals surface area contributed by atoms with Gasteiger partial charge in [-0.25, -0.2) is 9.08 Å². The Labute approximate surface area is 331 Å². The van der Waals surface area contributed by atoms with E-state index in [1.165, 1.54) is 107 Å². The number of ether oxygens (including phenoxy) is 2. The van der Waals surface area contributed by atoms with Crippen molar-refractivity contribution in [3.05, 3.63) is 66.0 Å². The molecule has 1 aromatic carbocycles. The molecule has 0 spiro atoms. The Morgan fingerprint density at radius 1 is 0.909 bits per heavy atom. The zero-order valence-corrected chi connectivity index (χ0v) is 34.2. The van der Waals surface area contributed by atoms with Crippen LogP contribution in [-0.4, -0.2) is 74.7 Å². The van der Waals surface area contributed by atoms with Crippen molar-refractivity contribution in [3.8, 4) is 6.07 Å². The highest BCUT2D eigenvalue weighted by molar-refractivity contribution is 7.99. The summed E-state index contributed by atoms with van der Waals surface area (Å²) in [6.07, 6.45) is 17.7. The molecular weight excluding hydrogens is 740 g/mol. The Hall–Kier alpha value is -2.50. The first-order valence-corrected chi connectivity index (χ1v) is 22.8. The van der Waals surface area contributed by atoms with Gasteiger partial charge in [0.2, 0.25) is 5.60 Å². The van der Waals surface area contributed by atoms with Crippen molar-refractivity contribution in [2.24, 2.45) is 0 Å². The molecule has 6 atom stereocenters. The van der Waals surface area contributed by atoms with Gasteiger partial charge in [-0.05, 0) is 30.2 Å². The molecule has 1 aliphatic heterocycles. The normalized spacial score (nSPS) is 21.5. The summed E-state index contributed by atoms with van der Waals surface area (Å²) < 4.78 is 36.9. The van der Waals surface area contributed by atoms with E-state index in [1.54, 1.807) is 23.9 Å². The number of unbranched alkanes of at least 4 members (excludes halogenated alkanes) is 15. The number of nitriles is 1. The lowest BCUT2D eigenvalue weighted by Gasteiger charge is -2.24. The van der Waals surface area contributed by atoms with Crippen molar-refractivity contribution < 1.29 is 38.2 Å². The maximum atomic E-state index is 13.0. The van der Waals surface area contributed by atoms with E-state index in [9.17, 15) is 24.9 Å². The second-order valence-electron chi connectivity index (χ2n) is 14.6. The number of aliphatic hydroxyl groups is 2. The minimum absolute atomic E-state index is 0.119. The van der Waals surface area contributed by atoms with Gasteiger partial charge < -0.3 is 30.3 Å². The zero-order chi connectivity index (χ0) is 39.4. The van der Waals surface area contributed by atoms with Crippen LogP contribution in [0.15, 0.2) is 54.7 Å². The summed E-state index contributed by atoms with van der Waals surface area (Å²) in [7, 11) is -4.63. The van der Waals surface area contributed by atoms with Gasteiger partial charge in [-0.2, -0.15) is 10.4 Å². The second kappa shape index (κ2) is 24.3. The van der Waals surface area contributed by atoms with Crippen LogP contribution < -0.4 is 5.73 Å². The predicted octanol–water partition coefficient (Wildman–Crippen LogP) is 8.47. The van der Waals surface area contributed by atoms with Crippen LogP contribution in [0.2, 0.25) is 0 Å². The number of thioether (sulfide) groups is 1. The molecule has 1 aliphatic rings. The lowest BCUT2D eigenvalue weighted by Crippen LogP contribution is -2.41. The van der Waals surface area contributed by atoms with E-state index in [1.807, 2.05) is 36.4 Å². The van der Waals surface area contributed by atoms with Gasteiger partial charge in [0, 0.05) is 18.6 Å². The van der Waals surface area contributed by atoms with E-state index in [2.05, 4.69) is 12.0 Å². The molecule has 306 valence electrons. The number of fused-ring (bicyclic) bond motifs is 1. The Morgan fingerprint density at radius 3 is 2.15 bits per heavy atom. The molecule has 4 rings (SSSR count). The van der Waals surface area contributed by atoms with E-state index in [-0.39, 0.29) is 17.6 Å². The van der Waals surface area contributed by atoms with Gasteiger partial charge in [-0.15, -0.1) is 11.8 Å². The van der Waals surface area contributed by atoms with Crippen LogP contribution in [0, 0.1) is 11.3 Å². The summed E-state index contributed by atoms with van der Waals surface area (Å²) in [5.74, 6) is 0.666. The van der Waals surface area contributed by atoms with Crippen molar-refractivity contribution in [1.82, 2.24) is 9.61 Å². The molecule has 1 fully saturated rings. The minimum Gasteiger partial charge on any atom is -0.397 e. The second-order valence-corrected chi connectivity index (χ2v) is 17.3. The van der Waals surface area contributed by atoms with Crippen LogP contribution in [0.3, 0.4) is 0 Å². The third kappa shape index (κ3) is 14.4. The number of anilines is 1. The number of nitrogen functional groups attached to an aromatic ring is 1. The molecule has 1 saturated heterocycles. The molecule has 0 amide bonds. The molecule has 1 unspecified atom stereocenters. The Bertz CT molecular complexity index is 1610. The number of hydrogen-bond acceptors (Lipinski definition) is 11. The van der Waals surface area contributed by atoms with Gasteiger partial charge >= 0.3 is 7.82 Å². The fourth-order valence-corrected chi connectivity index (χ4v) is 8.77.